The Labute approximate surface area is 118 Å². The number of rotatable bonds is 5. The van der Waals surface area contributed by atoms with Crippen molar-refractivity contribution < 1.29 is 4.74 Å². The molecular weight excluding hydrogens is 254 g/mol. The van der Waals surface area contributed by atoms with Crippen LogP contribution in [0.15, 0.2) is 36.9 Å². The van der Waals surface area contributed by atoms with Crippen LogP contribution in [-0.4, -0.2) is 11.6 Å². The first-order valence-electron chi connectivity index (χ1n) is 6.28. The molecule has 0 aliphatic carbocycles. The van der Waals surface area contributed by atoms with Crippen LogP contribution >= 0.6 is 11.3 Å². The zero-order chi connectivity index (χ0) is 13.7. The second-order valence-electron chi connectivity index (χ2n) is 3.90. The van der Waals surface area contributed by atoms with Gasteiger partial charge >= 0.3 is 0 Å². The van der Waals surface area contributed by atoms with Gasteiger partial charge in [0.25, 0.3) is 0 Å². The van der Waals surface area contributed by atoms with Gasteiger partial charge in [0.15, 0.2) is 0 Å². The summed E-state index contributed by atoms with van der Waals surface area (Å²) in [6.45, 7) is 8.46. The summed E-state index contributed by atoms with van der Waals surface area (Å²) in [5, 5.41) is 0.965. The van der Waals surface area contributed by atoms with Crippen molar-refractivity contribution in [2.45, 2.75) is 13.8 Å². The van der Waals surface area contributed by atoms with Gasteiger partial charge in [0.05, 0.1) is 22.7 Å². The SMILES string of the molecule is C=Cc1nc(-c2ccccc2OCC)sc1/C=C\C. The molecule has 1 aromatic carbocycles. The molecule has 0 aliphatic rings. The molecule has 3 heteroatoms. The van der Waals surface area contributed by atoms with Gasteiger partial charge in [-0.25, -0.2) is 4.98 Å². The van der Waals surface area contributed by atoms with E-state index in [4.69, 9.17) is 4.74 Å². The number of ether oxygens (including phenoxy) is 1. The molecule has 0 N–H and O–H groups in total. The van der Waals surface area contributed by atoms with Crippen LogP contribution in [0.4, 0.5) is 0 Å². The molecule has 0 saturated carbocycles. The number of hydrogen-bond acceptors (Lipinski definition) is 3. The number of aromatic nitrogens is 1. The average molecular weight is 271 g/mol. The van der Waals surface area contributed by atoms with Crippen molar-refractivity contribution >= 4 is 23.5 Å². The highest BCUT2D eigenvalue weighted by Crippen LogP contribution is 2.35. The van der Waals surface area contributed by atoms with E-state index < -0.39 is 0 Å². The summed E-state index contributed by atoms with van der Waals surface area (Å²) in [5.41, 5.74) is 1.96. The highest BCUT2D eigenvalue weighted by molar-refractivity contribution is 7.16. The van der Waals surface area contributed by atoms with E-state index in [0.29, 0.717) is 6.61 Å². The second-order valence-corrected chi connectivity index (χ2v) is 4.93. The van der Waals surface area contributed by atoms with E-state index in [1.807, 2.05) is 44.2 Å². The average Bonchev–Trinajstić information content (AvgIpc) is 2.83. The standard InChI is InChI=1S/C16H17NOS/c1-4-9-15-13(5-2)17-16(19-15)12-10-7-8-11-14(12)18-6-3/h4-5,7-11H,2,6H2,1,3H3/b9-4-. The molecule has 1 heterocycles. The van der Waals surface area contributed by atoms with Crippen molar-refractivity contribution in [1.29, 1.82) is 0 Å². The molecule has 0 bridgehead atoms. The van der Waals surface area contributed by atoms with Crippen LogP contribution < -0.4 is 4.74 Å². The van der Waals surface area contributed by atoms with Gasteiger partial charge in [-0.05, 0) is 38.1 Å². The van der Waals surface area contributed by atoms with E-state index in [1.54, 1.807) is 17.4 Å². The first-order valence-corrected chi connectivity index (χ1v) is 7.10. The van der Waals surface area contributed by atoms with Crippen LogP contribution in [0, 0.1) is 0 Å². The van der Waals surface area contributed by atoms with Gasteiger partial charge in [-0.1, -0.05) is 24.8 Å². The van der Waals surface area contributed by atoms with Crippen molar-refractivity contribution in [3.63, 3.8) is 0 Å². The van der Waals surface area contributed by atoms with Crippen molar-refractivity contribution in [2.24, 2.45) is 0 Å². The second kappa shape index (κ2) is 6.34. The lowest BCUT2D eigenvalue weighted by molar-refractivity contribution is 0.341. The summed E-state index contributed by atoms with van der Waals surface area (Å²) in [6.07, 6.45) is 5.86. The highest BCUT2D eigenvalue weighted by atomic mass is 32.1. The molecular formula is C16H17NOS. The van der Waals surface area contributed by atoms with E-state index in [2.05, 4.69) is 17.6 Å². The van der Waals surface area contributed by atoms with E-state index in [0.717, 1.165) is 26.9 Å². The van der Waals surface area contributed by atoms with E-state index in [1.165, 1.54) is 0 Å². The van der Waals surface area contributed by atoms with E-state index in [-0.39, 0.29) is 0 Å². The van der Waals surface area contributed by atoms with Gasteiger partial charge in [0.1, 0.15) is 10.8 Å². The Hall–Kier alpha value is -1.87. The predicted molar refractivity (Wildman–Crippen MR) is 83.5 cm³/mol. The van der Waals surface area contributed by atoms with Crippen LogP contribution in [0.5, 0.6) is 5.75 Å². The zero-order valence-electron chi connectivity index (χ0n) is 11.2. The minimum atomic E-state index is 0.651. The molecule has 0 spiro atoms. The number of thiazole rings is 1. The summed E-state index contributed by atoms with van der Waals surface area (Å²) in [4.78, 5) is 5.75. The maximum Gasteiger partial charge on any atom is 0.129 e. The topological polar surface area (TPSA) is 22.1 Å². The first-order chi connectivity index (χ1) is 9.30. The normalized spacial score (nSPS) is 10.8. The largest absolute Gasteiger partial charge is 0.493 e. The molecule has 2 rings (SSSR count). The number of allylic oxidation sites excluding steroid dienone is 1. The summed E-state index contributed by atoms with van der Waals surface area (Å²) in [6, 6.07) is 7.99. The quantitative estimate of drug-likeness (QED) is 0.772. The molecule has 19 heavy (non-hydrogen) atoms. The summed E-state index contributed by atoms with van der Waals surface area (Å²) >= 11 is 1.65. The molecule has 2 aromatic rings. The van der Waals surface area contributed by atoms with Crippen LogP contribution in [-0.2, 0) is 0 Å². The van der Waals surface area contributed by atoms with E-state index in [9.17, 15) is 0 Å². The van der Waals surface area contributed by atoms with Crippen molar-refractivity contribution in [2.75, 3.05) is 6.61 Å². The zero-order valence-corrected chi connectivity index (χ0v) is 12.0. The lowest BCUT2D eigenvalue weighted by Gasteiger charge is -2.07. The Kier molecular flexibility index (Phi) is 4.53. The molecule has 0 unspecified atom stereocenters. The molecule has 98 valence electrons. The maximum atomic E-state index is 5.66. The number of benzene rings is 1. The Bertz CT molecular complexity index is 599. The molecule has 1 aromatic heterocycles. The number of nitrogens with zero attached hydrogens (tertiary/aromatic N) is 1. The first kappa shape index (κ1) is 13.6. The summed E-state index contributed by atoms with van der Waals surface area (Å²) in [5.74, 6) is 0.876. The van der Waals surface area contributed by atoms with Crippen LogP contribution in [0.2, 0.25) is 0 Å². The van der Waals surface area contributed by atoms with Crippen LogP contribution in [0.3, 0.4) is 0 Å². The van der Waals surface area contributed by atoms with Crippen LogP contribution in [0.1, 0.15) is 24.4 Å². The highest BCUT2D eigenvalue weighted by Gasteiger charge is 2.12. The van der Waals surface area contributed by atoms with Gasteiger partial charge in [-0.2, -0.15) is 0 Å². The third-order valence-corrected chi connectivity index (χ3v) is 3.68. The third kappa shape index (κ3) is 2.93. The lowest BCUT2D eigenvalue weighted by Crippen LogP contribution is -1.93. The molecule has 0 saturated heterocycles. The summed E-state index contributed by atoms with van der Waals surface area (Å²) < 4.78 is 5.66. The number of hydrogen-bond donors (Lipinski definition) is 0. The molecule has 0 atom stereocenters. The fraction of sp³-hybridized carbons (Fsp3) is 0.188. The fourth-order valence-electron chi connectivity index (χ4n) is 1.80. The molecule has 2 nitrogen and oxygen atoms in total. The lowest BCUT2D eigenvalue weighted by atomic mass is 10.2. The van der Waals surface area contributed by atoms with E-state index >= 15 is 0 Å². The Morgan fingerprint density at radius 3 is 2.84 bits per heavy atom. The Morgan fingerprint density at radius 1 is 1.37 bits per heavy atom. The number of para-hydroxylation sites is 1. The maximum absolute atomic E-state index is 5.66. The monoisotopic (exact) mass is 271 g/mol. The van der Waals surface area contributed by atoms with Gasteiger partial charge < -0.3 is 4.74 Å². The molecule has 0 fully saturated rings. The molecule has 0 radical (unpaired) electrons. The van der Waals surface area contributed by atoms with Crippen molar-refractivity contribution in [1.82, 2.24) is 4.98 Å². The minimum Gasteiger partial charge on any atom is -0.493 e. The Balaban J connectivity index is 2.50. The van der Waals surface area contributed by atoms with Crippen molar-refractivity contribution in [3.8, 4) is 16.3 Å². The molecule has 0 amide bonds. The van der Waals surface area contributed by atoms with Gasteiger partial charge in [-0.3, -0.25) is 0 Å². The molecule has 0 aliphatic heterocycles. The minimum absolute atomic E-state index is 0.651. The van der Waals surface area contributed by atoms with Crippen LogP contribution in [0.25, 0.3) is 22.7 Å². The van der Waals surface area contributed by atoms with Gasteiger partial charge in [-0.15, -0.1) is 11.3 Å². The summed E-state index contributed by atoms with van der Waals surface area (Å²) in [7, 11) is 0. The fourth-order valence-corrected chi connectivity index (χ4v) is 2.87. The third-order valence-electron chi connectivity index (χ3n) is 2.61. The predicted octanol–water partition coefficient (Wildman–Crippen LogP) is 4.88. The Morgan fingerprint density at radius 2 is 2.16 bits per heavy atom. The van der Waals surface area contributed by atoms with Crippen molar-refractivity contribution in [3.05, 3.63) is 47.5 Å². The van der Waals surface area contributed by atoms with Gasteiger partial charge in [0, 0.05) is 0 Å². The smallest absolute Gasteiger partial charge is 0.129 e. The van der Waals surface area contributed by atoms with Gasteiger partial charge in [0.2, 0.25) is 0 Å².